The molecule has 0 unspecified atom stereocenters. The van der Waals surface area contributed by atoms with E-state index in [1.807, 2.05) is 13.8 Å². The summed E-state index contributed by atoms with van der Waals surface area (Å²) in [4.78, 5) is 27.7. The van der Waals surface area contributed by atoms with Gasteiger partial charge in [0, 0.05) is 29.5 Å². The molecule has 0 aliphatic heterocycles. The van der Waals surface area contributed by atoms with Gasteiger partial charge in [-0.1, -0.05) is 0 Å². The van der Waals surface area contributed by atoms with Crippen LogP contribution in [0.2, 0.25) is 0 Å². The highest BCUT2D eigenvalue weighted by atomic mass is 32.1. The number of nitro groups is 1. The van der Waals surface area contributed by atoms with Crippen molar-refractivity contribution < 1.29 is 9.72 Å². The van der Waals surface area contributed by atoms with Crippen molar-refractivity contribution in [2.45, 2.75) is 20.3 Å². The predicted molar refractivity (Wildman–Crippen MR) is 85.1 cm³/mol. The van der Waals surface area contributed by atoms with Crippen LogP contribution in [0.4, 0.5) is 11.4 Å². The van der Waals surface area contributed by atoms with Gasteiger partial charge in [-0.15, -0.1) is 11.3 Å². The first-order chi connectivity index (χ1) is 10.4. The zero-order valence-corrected chi connectivity index (χ0v) is 13.1. The Balaban J connectivity index is 1.99. The maximum Gasteiger partial charge on any atom is 0.292 e. The van der Waals surface area contributed by atoms with E-state index in [2.05, 4.69) is 10.3 Å². The maximum atomic E-state index is 12.0. The molecule has 0 saturated heterocycles. The minimum Gasteiger partial charge on any atom is -0.393 e. The number of rotatable bonds is 5. The van der Waals surface area contributed by atoms with E-state index in [1.165, 1.54) is 18.2 Å². The van der Waals surface area contributed by atoms with Crippen LogP contribution in [-0.2, 0) is 6.42 Å². The Kier molecular flexibility index (Phi) is 4.71. The Morgan fingerprint density at radius 3 is 2.77 bits per heavy atom. The predicted octanol–water partition coefficient (Wildman–Crippen LogP) is 2.22. The Morgan fingerprint density at radius 1 is 1.45 bits per heavy atom. The number of carbonyl (C=O) groups excluding carboxylic acids is 1. The number of nitrogens with two attached hydrogens (primary N) is 1. The summed E-state index contributed by atoms with van der Waals surface area (Å²) in [6.45, 7) is 4.32. The van der Waals surface area contributed by atoms with Gasteiger partial charge in [0.05, 0.1) is 15.6 Å². The van der Waals surface area contributed by atoms with Crippen LogP contribution >= 0.6 is 11.3 Å². The van der Waals surface area contributed by atoms with Gasteiger partial charge >= 0.3 is 0 Å². The third-order valence-electron chi connectivity index (χ3n) is 3.13. The summed E-state index contributed by atoms with van der Waals surface area (Å²) < 4.78 is 0. The van der Waals surface area contributed by atoms with E-state index in [4.69, 9.17) is 5.73 Å². The van der Waals surface area contributed by atoms with Gasteiger partial charge in [-0.2, -0.15) is 0 Å². The second-order valence-electron chi connectivity index (χ2n) is 4.78. The molecular weight excluding hydrogens is 304 g/mol. The highest BCUT2D eigenvalue weighted by Crippen LogP contribution is 2.22. The normalized spacial score (nSPS) is 10.5. The van der Waals surface area contributed by atoms with Crippen LogP contribution in [0.25, 0.3) is 0 Å². The van der Waals surface area contributed by atoms with E-state index in [-0.39, 0.29) is 22.8 Å². The molecule has 0 saturated carbocycles. The van der Waals surface area contributed by atoms with E-state index >= 15 is 0 Å². The van der Waals surface area contributed by atoms with Gasteiger partial charge in [0.15, 0.2) is 0 Å². The fourth-order valence-electron chi connectivity index (χ4n) is 2.04. The van der Waals surface area contributed by atoms with Gasteiger partial charge in [0.2, 0.25) is 0 Å². The molecule has 0 bridgehead atoms. The van der Waals surface area contributed by atoms with E-state index in [0.29, 0.717) is 13.0 Å². The smallest absolute Gasteiger partial charge is 0.292 e. The van der Waals surface area contributed by atoms with E-state index in [1.54, 1.807) is 11.3 Å². The van der Waals surface area contributed by atoms with Crippen LogP contribution in [0.5, 0.6) is 0 Å². The monoisotopic (exact) mass is 320 g/mol. The zero-order valence-electron chi connectivity index (χ0n) is 12.3. The van der Waals surface area contributed by atoms with Gasteiger partial charge < -0.3 is 11.1 Å². The van der Waals surface area contributed by atoms with E-state index < -0.39 is 4.92 Å². The van der Waals surface area contributed by atoms with Crippen LogP contribution in [-0.4, -0.2) is 22.4 Å². The van der Waals surface area contributed by atoms with Crippen LogP contribution < -0.4 is 11.1 Å². The minimum absolute atomic E-state index is 0.0392. The molecule has 7 nitrogen and oxygen atoms in total. The number of nitrogen functional groups attached to an aromatic ring is 1. The number of nitro benzene ring substituents is 1. The lowest BCUT2D eigenvalue weighted by atomic mass is 10.1. The summed E-state index contributed by atoms with van der Waals surface area (Å²) in [6.07, 6.45) is 0.681. The Hall–Kier alpha value is -2.48. The number of carbonyl (C=O) groups is 1. The number of nitrogens with zero attached hydrogens (tertiary/aromatic N) is 2. The number of aryl methyl sites for hydroxylation is 2. The Morgan fingerprint density at radius 2 is 2.18 bits per heavy atom. The molecule has 116 valence electrons. The molecule has 22 heavy (non-hydrogen) atoms. The molecular formula is C14H16N4O3S. The number of hydrogen-bond acceptors (Lipinski definition) is 6. The van der Waals surface area contributed by atoms with Gasteiger partial charge in [-0.05, 0) is 26.0 Å². The largest absolute Gasteiger partial charge is 0.393 e. The molecule has 8 heteroatoms. The van der Waals surface area contributed by atoms with Crippen molar-refractivity contribution in [3.63, 3.8) is 0 Å². The fraction of sp³-hybridized carbons (Fsp3) is 0.286. The molecule has 1 aromatic carbocycles. The lowest BCUT2D eigenvalue weighted by Crippen LogP contribution is -2.25. The number of anilines is 1. The quantitative estimate of drug-likeness (QED) is 0.498. The van der Waals surface area contributed by atoms with E-state index in [9.17, 15) is 14.9 Å². The first kappa shape index (κ1) is 15.9. The SMILES string of the molecule is Cc1nc(C)c(CCNC(=O)c2ccc(N)c([N+](=O)[O-])c2)s1. The first-order valence-corrected chi connectivity index (χ1v) is 7.45. The van der Waals surface area contributed by atoms with Crippen molar-refractivity contribution in [3.8, 4) is 0 Å². The van der Waals surface area contributed by atoms with Crippen LogP contribution in [0.1, 0.15) is 25.9 Å². The zero-order chi connectivity index (χ0) is 16.3. The van der Waals surface area contributed by atoms with Gasteiger partial charge in [-0.25, -0.2) is 4.98 Å². The lowest BCUT2D eigenvalue weighted by molar-refractivity contribution is -0.383. The van der Waals surface area contributed by atoms with Crippen molar-refractivity contribution >= 4 is 28.6 Å². The molecule has 0 fully saturated rings. The molecule has 3 N–H and O–H groups in total. The third-order valence-corrected chi connectivity index (χ3v) is 4.26. The van der Waals surface area contributed by atoms with Gasteiger partial charge in [0.25, 0.3) is 11.6 Å². The van der Waals surface area contributed by atoms with Crippen molar-refractivity contribution in [2.24, 2.45) is 0 Å². The molecule has 0 aliphatic carbocycles. The minimum atomic E-state index is -0.602. The average molecular weight is 320 g/mol. The summed E-state index contributed by atoms with van der Waals surface area (Å²) in [5, 5.41) is 14.6. The molecule has 0 spiro atoms. The molecule has 0 radical (unpaired) electrons. The topological polar surface area (TPSA) is 111 Å². The molecule has 2 aromatic rings. The highest BCUT2D eigenvalue weighted by Gasteiger charge is 2.15. The van der Waals surface area contributed by atoms with Crippen LogP contribution in [0, 0.1) is 24.0 Å². The second-order valence-corrected chi connectivity index (χ2v) is 6.07. The van der Waals surface area contributed by atoms with Crippen LogP contribution in [0.15, 0.2) is 18.2 Å². The van der Waals surface area contributed by atoms with E-state index in [0.717, 1.165) is 15.6 Å². The highest BCUT2D eigenvalue weighted by molar-refractivity contribution is 7.11. The fourth-order valence-corrected chi connectivity index (χ4v) is 2.98. The Bertz CT molecular complexity index is 727. The number of hydrogen-bond donors (Lipinski definition) is 2. The lowest BCUT2D eigenvalue weighted by Gasteiger charge is -2.05. The maximum absolute atomic E-state index is 12.0. The number of benzene rings is 1. The average Bonchev–Trinajstić information content (AvgIpc) is 2.77. The third kappa shape index (κ3) is 3.59. The molecule has 1 amide bonds. The summed E-state index contributed by atoms with van der Waals surface area (Å²) in [6, 6.07) is 4.02. The molecule has 1 heterocycles. The number of thiazole rings is 1. The summed E-state index contributed by atoms with van der Waals surface area (Å²) in [7, 11) is 0. The Labute approximate surface area is 131 Å². The van der Waals surface area contributed by atoms with Gasteiger partial charge in [0.1, 0.15) is 5.69 Å². The molecule has 2 rings (SSSR count). The number of nitrogens with one attached hydrogen (secondary N) is 1. The van der Waals surface area contributed by atoms with Crippen molar-refractivity contribution in [1.29, 1.82) is 0 Å². The summed E-state index contributed by atoms with van der Waals surface area (Å²) >= 11 is 1.60. The summed E-state index contributed by atoms with van der Waals surface area (Å²) in [5.74, 6) is -0.359. The first-order valence-electron chi connectivity index (χ1n) is 6.63. The number of aromatic nitrogens is 1. The summed E-state index contributed by atoms with van der Waals surface area (Å²) in [5.41, 5.74) is 6.48. The standard InChI is InChI=1S/C14H16N4O3S/c1-8-13(22-9(2)17-8)5-6-16-14(19)10-3-4-11(15)12(7-10)18(20)21/h3-4,7H,5-6,15H2,1-2H3,(H,16,19). The molecule has 1 aromatic heterocycles. The molecule has 0 atom stereocenters. The molecule has 0 aliphatic rings. The number of amides is 1. The second kappa shape index (κ2) is 6.52. The van der Waals surface area contributed by atoms with Crippen molar-refractivity contribution in [1.82, 2.24) is 10.3 Å². The van der Waals surface area contributed by atoms with Crippen molar-refractivity contribution in [2.75, 3.05) is 12.3 Å². The van der Waals surface area contributed by atoms with Crippen LogP contribution in [0.3, 0.4) is 0 Å². The van der Waals surface area contributed by atoms with Crippen molar-refractivity contribution in [3.05, 3.63) is 49.5 Å². The van der Waals surface area contributed by atoms with Gasteiger partial charge in [-0.3, -0.25) is 14.9 Å².